The molecule has 0 saturated heterocycles. The number of nitrogens with one attached hydrogen (secondary N) is 1. The van der Waals surface area contributed by atoms with E-state index in [2.05, 4.69) is 43.5 Å². The van der Waals surface area contributed by atoms with Crippen molar-refractivity contribution in [2.75, 3.05) is 40.9 Å². The summed E-state index contributed by atoms with van der Waals surface area (Å²) < 4.78 is 23.2. The number of hydrogen-bond donors (Lipinski definition) is 2. The summed E-state index contributed by atoms with van der Waals surface area (Å²) in [5.74, 6) is -0.204. The van der Waals surface area contributed by atoms with Crippen molar-refractivity contribution < 1.29 is 32.9 Å². The fraction of sp³-hybridized carbons (Fsp3) is 0.844. The van der Waals surface area contributed by atoms with Crippen LogP contribution < -0.4 is 10.2 Å². The smallest absolute Gasteiger partial charge is 0.268 e. The maximum absolute atomic E-state index is 12.8. The topological polar surface area (TPSA) is 108 Å². The second kappa shape index (κ2) is 37.3. The lowest BCUT2D eigenvalue weighted by Gasteiger charge is -2.29. The van der Waals surface area contributed by atoms with Crippen molar-refractivity contribution in [2.45, 2.75) is 206 Å². The normalized spacial score (nSPS) is 14.7. The van der Waals surface area contributed by atoms with Crippen molar-refractivity contribution in [1.29, 1.82) is 0 Å². The third kappa shape index (κ3) is 39.0. The Labute approximate surface area is 334 Å². The van der Waals surface area contributed by atoms with E-state index in [9.17, 15) is 19.4 Å². The second-order valence-corrected chi connectivity index (χ2v) is 17.8. The third-order valence-corrected chi connectivity index (χ3v) is 10.8. The van der Waals surface area contributed by atoms with E-state index in [1.807, 2.05) is 27.2 Å². The summed E-state index contributed by atoms with van der Waals surface area (Å²) in [5.41, 5.74) is 0. The standard InChI is InChI=1S/C45H87N2O6P/c1-6-8-10-12-14-16-18-20-21-22-23-24-25-27-29-31-33-35-37-39-45(49)46-43(42-53-54(50,51)52-41-40-47(3,4)5)44(48)38-36-34-32-30-28-26-19-17-15-13-11-9-7-2/h11,13,20-21,36,38,43-44,48H,6-10,12,14-19,22-35,37,39-42H2,1-5H3,(H-,46,49,50,51)/b13-11+,21-20+,38-36+/t43-,44+/m0/s1. The number of aliphatic hydroxyl groups excluding tert-OH is 1. The fourth-order valence-electron chi connectivity index (χ4n) is 6.21. The zero-order chi connectivity index (χ0) is 40.0. The predicted molar refractivity (Wildman–Crippen MR) is 228 cm³/mol. The summed E-state index contributed by atoms with van der Waals surface area (Å²) in [5, 5.41) is 13.8. The first kappa shape index (κ1) is 52.7. The van der Waals surface area contributed by atoms with E-state index in [1.54, 1.807) is 6.08 Å². The molecule has 0 spiro atoms. The van der Waals surface area contributed by atoms with Crippen LogP contribution in [-0.2, 0) is 18.4 Å². The number of carbonyl (C=O) groups excluding carboxylic acids is 1. The Morgan fingerprint density at radius 1 is 0.630 bits per heavy atom. The summed E-state index contributed by atoms with van der Waals surface area (Å²) in [6, 6.07) is -0.889. The highest BCUT2D eigenvalue weighted by Gasteiger charge is 2.23. The molecule has 0 fully saturated rings. The third-order valence-electron chi connectivity index (χ3n) is 9.79. The Morgan fingerprint density at radius 2 is 1.06 bits per heavy atom. The van der Waals surface area contributed by atoms with Crippen molar-refractivity contribution in [1.82, 2.24) is 5.32 Å². The molecule has 0 radical (unpaired) electrons. The van der Waals surface area contributed by atoms with Crippen molar-refractivity contribution in [3.8, 4) is 0 Å². The highest BCUT2D eigenvalue weighted by atomic mass is 31.2. The number of hydrogen-bond acceptors (Lipinski definition) is 6. The van der Waals surface area contributed by atoms with Crippen LogP contribution in [0, 0.1) is 0 Å². The summed E-state index contributed by atoms with van der Waals surface area (Å²) in [4.78, 5) is 25.3. The number of likely N-dealkylation sites (N-methyl/N-ethyl adjacent to an activating group) is 1. The number of carbonyl (C=O) groups is 1. The van der Waals surface area contributed by atoms with E-state index in [1.165, 1.54) is 135 Å². The van der Waals surface area contributed by atoms with Gasteiger partial charge in [-0.1, -0.05) is 159 Å². The number of phosphoric acid groups is 1. The second-order valence-electron chi connectivity index (χ2n) is 16.4. The number of allylic oxidation sites excluding steroid dienone is 5. The minimum atomic E-state index is -4.59. The van der Waals surface area contributed by atoms with Crippen LogP contribution in [0.1, 0.15) is 194 Å². The number of unbranched alkanes of at least 4 members (excludes halogenated alkanes) is 23. The molecule has 0 bridgehead atoms. The average molecular weight is 783 g/mol. The van der Waals surface area contributed by atoms with E-state index < -0.39 is 20.0 Å². The molecular formula is C45H87N2O6P. The van der Waals surface area contributed by atoms with Crippen molar-refractivity contribution in [3.05, 3.63) is 36.5 Å². The number of nitrogens with zero attached hydrogens (tertiary/aromatic N) is 1. The molecule has 0 aromatic rings. The monoisotopic (exact) mass is 783 g/mol. The molecule has 1 unspecified atom stereocenters. The van der Waals surface area contributed by atoms with Gasteiger partial charge in [0.2, 0.25) is 5.91 Å². The summed E-state index contributed by atoms with van der Waals surface area (Å²) in [7, 11) is 1.25. The maximum atomic E-state index is 12.8. The van der Waals surface area contributed by atoms with Crippen molar-refractivity contribution in [3.63, 3.8) is 0 Å². The largest absolute Gasteiger partial charge is 0.756 e. The maximum Gasteiger partial charge on any atom is 0.268 e. The first-order valence-corrected chi connectivity index (χ1v) is 23.8. The van der Waals surface area contributed by atoms with Gasteiger partial charge in [-0.25, -0.2) is 0 Å². The molecule has 0 aromatic heterocycles. The summed E-state index contributed by atoms with van der Waals surface area (Å²) >= 11 is 0. The van der Waals surface area contributed by atoms with E-state index in [-0.39, 0.29) is 19.1 Å². The molecule has 0 aliphatic carbocycles. The lowest BCUT2D eigenvalue weighted by atomic mass is 10.0. The van der Waals surface area contributed by atoms with Crippen LogP contribution in [0.25, 0.3) is 0 Å². The van der Waals surface area contributed by atoms with Gasteiger partial charge >= 0.3 is 0 Å². The first-order valence-electron chi connectivity index (χ1n) is 22.4. The molecule has 1 amide bonds. The number of phosphoric ester groups is 1. The van der Waals surface area contributed by atoms with E-state index in [0.717, 1.165) is 38.5 Å². The van der Waals surface area contributed by atoms with Crippen molar-refractivity contribution in [2.24, 2.45) is 0 Å². The van der Waals surface area contributed by atoms with Crippen LogP contribution in [0.4, 0.5) is 0 Å². The lowest BCUT2D eigenvalue weighted by molar-refractivity contribution is -0.870. The molecule has 9 heteroatoms. The quantitative estimate of drug-likeness (QED) is 0.0277. The Kier molecular flexibility index (Phi) is 36.4. The Bertz CT molecular complexity index is 980. The first-order chi connectivity index (χ1) is 26.0. The minimum Gasteiger partial charge on any atom is -0.756 e. The number of quaternary nitrogens is 1. The van der Waals surface area contributed by atoms with E-state index in [4.69, 9.17) is 9.05 Å². The van der Waals surface area contributed by atoms with Crippen LogP contribution in [0.3, 0.4) is 0 Å². The van der Waals surface area contributed by atoms with Gasteiger partial charge in [0.15, 0.2) is 0 Å². The lowest BCUT2D eigenvalue weighted by Crippen LogP contribution is -2.45. The molecule has 0 rings (SSSR count). The van der Waals surface area contributed by atoms with Crippen molar-refractivity contribution >= 4 is 13.7 Å². The average Bonchev–Trinajstić information content (AvgIpc) is 3.12. The molecule has 0 heterocycles. The summed E-state index contributed by atoms with van der Waals surface area (Å²) in [6.45, 7) is 4.58. The fourth-order valence-corrected chi connectivity index (χ4v) is 6.93. The number of amides is 1. The molecule has 0 saturated carbocycles. The molecule has 0 aliphatic rings. The van der Waals surface area contributed by atoms with Gasteiger partial charge in [0, 0.05) is 6.42 Å². The Morgan fingerprint density at radius 3 is 1.52 bits per heavy atom. The van der Waals surface area contributed by atoms with Crippen LogP contribution in [0.5, 0.6) is 0 Å². The summed E-state index contributed by atoms with van der Waals surface area (Å²) in [6.07, 6.45) is 44.7. The van der Waals surface area contributed by atoms with Crippen LogP contribution in [0.15, 0.2) is 36.5 Å². The minimum absolute atomic E-state index is 0.00321. The highest BCUT2D eigenvalue weighted by molar-refractivity contribution is 7.45. The predicted octanol–water partition coefficient (Wildman–Crippen LogP) is 11.7. The van der Waals surface area contributed by atoms with Gasteiger partial charge in [-0.3, -0.25) is 9.36 Å². The van der Waals surface area contributed by atoms with Gasteiger partial charge in [-0.15, -0.1) is 0 Å². The van der Waals surface area contributed by atoms with Gasteiger partial charge in [0.25, 0.3) is 7.82 Å². The molecule has 3 atom stereocenters. The van der Waals surface area contributed by atoms with Gasteiger partial charge in [-0.05, 0) is 64.2 Å². The molecular weight excluding hydrogens is 695 g/mol. The van der Waals surface area contributed by atoms with Gasteiger partial charge < -0.3 is 28.8 Å². The molecule has 0 aliphatic heterocycles. The zero-order valence-electron chi connectivity index (χ0n) is 35.9. The highest BCUT2D eigenvalue weighted by Crippen LogP contribution is 2.38. The molecule has 0 aromatic carbocycles. The molecule has 2 N–H and O–H groups in total. The number of rotatable bonds is 40. The number of aliphatic hydroxyl groups is 1. The Balaban J connectivity index is 4.38. The van der Waals surface area contributed by atoms with Crippen LogP contribution >= 0.6 is 7.82 Å². The zero-order valence-corrected chi connectivity index (χ0v) is 36.8. The molecule has 318 valence electrons. The van der Waals surface area contributed by atoms with Crippen LogP contribution in [0.2, 0.25) is 0 Å². The molecule has 8 nitrogen and oxygen atoms in total. The SMILES string of the molecule is CCC/C=C/CCCCCCCC/C=C/[C@@H](O)[C@H](COP(=O)([O-])OCC[N+](C)(C)C)NC(=O)CCCCCCCCCCC/C=C/CCCCCCCC. The van der Waals surface area contributed by atoms with Crippen LogP contribution in [-0.4, -0.2) is 68.5 Å². The van der Waals surface area contributed by atoms with Gasteiger partial charge in [0.05, 0.1) is 39.9 Å². The van der Waals surface area contributed by atoms with E-state index >= 15 is 0 Å². The van der Waals surface area contributed by atoms with Gasteiger partial charge in [0.1, 0.15) is 13.2 Å². The van der Waals surface area contributed by atoms with E-state index in [0.29, 0.717) is 17.4 Å². The van der Waals surface area contributed by atoms with Gasteiger partial charge in [-0.2, -0.15) is 0 Å². The Hall–Kier alpha value is -1.28. The molecule has 54 heavy (non-hydrogen) atoms.